The molecule has 0 aromatic rings. The van der Waals surface area contributed by atoms with Gasteiger partial charge in [-0.15, -0.1) is 0 Å². The van der Waals surface area contributed by atoms with Gasteiger partial charge in [0.25, 0.3) is 0 Å². The first-order valence-corrected chi connectivity index (χ1v) is 6.38. The zero-order chi connectivity index (χ0) is 10.7. The van der Waals surface area contributed by atoms with Crippen LogP contribution in [0.1, 0.15) is 33.1 Å². The number of hydrogen-bond acceptors (Lipinski definition) is 3. The standard InChI is InChI=1S/C12H24N2O/c1-3-13-11-4-5-12(8-11)14-6-7-15-10(2)9-14/h10-13H,3-9H2,1-2H3. The minimum atomic E-state index is 0.428. The highest BCUT2D eigenvalue weighted by Gasteiger charge is 2.30. The number of rotatable bonds is 3. The van der Waals surface area contributed by atoms with Gasteiger partial charge >= 0.3 is 0 Å². The smallest absolute Gasteiger partial charge is 0.0674 e. The van der Waals surface area contributed by atoms with E-state index in [0.29, 0.717) is 6.10 Å². The fraction of sp³-hybridized carbons (Fsp3) is 1.00. The molecule has 2 fully saturated rings. The van der Waals surface area contributed by atoms with Crippen LogP contribution < -0.4 is 5.32 Å². The summed E-state index contributed by atoms with van der Waals surface area (Å²) in [5.41, 5.74) is 0. The summed E-state index contributed by atoms with van der Waals surface area (Å²) in [7, 11) is 0. The van der Waals surface area contributed by atoms with Crippen LogP contribution in [-0.2, 0) is 4.74 Å². The molecule has 0 bridgehead atoms. The van der Waals surface area contributed by atoms with Crippen molar-refractivity contribution >= 4 is 0 Å². The van der Waals surface area contributed by atoms with Gasteiger partial charge in [-0.2, -0.15) is 0 Å². The highest BCUT2D eigenvalue weighted by molar-refractivity contribution is 4.88. The zero-order valence-corrected chi connectivity index (χ0v) is 10.0. The Labute approximate surface area is 93.2 Å². The molecule has 88 valence electrons. The Balaban J connectivity index is 1.79. The molecule has 3 heteroatoms. The van der Waals surface area contributed by atoms with Crippen molar-refractivity contribution in [2.75, 3.05) is 26.2 Å². The number of morpholine rings is 1. The molecule has 1 aliphatic carbocycles. The van der Waals surface area contributed by atoms with E-state index in [0.717, 1.165) is 38.3 Å². The third-order valence-corrected chi connectivity index (χ3v) is 3.69. The zero-order valence-electron chi connectivity index (χ0n) is 10.0. The van der Waals surface area contributed by atoms with E-state index in [2.05, 4.69) is 24.1 Å². The first-order chi connectivity index (χ1) is 7.29. The Bertz CT molecular complexity index is 198. The van der Waals surface area contributed by atoms with Crippen molar-refractivity contribution in [3.05, 3.63) is 0 Å². The van der Waals surface area contributed by atoms with Crippen LogP contribution in [0, 0.1) is 0 Å². The molecule has 3 nitrogen and oxygen atoms in total. The maximum Gasteiger partial charge on any atom is 0.0674 e. The van der Waals surface area contributed by atoms with Crippen LogP contribution >= 0.6 is 0 Å². The third kappa shape index (κ3) is 2.92. The molecule has 1 saturated heterocycles. The van der Waals surface area contributed by atoms with Gasteiger partial charge in [0, 0.05) is 25.2 Å². The summed E-state index contributed by atoms with van der Waals surface area (Å²) in [6.45, 7) is 8.67. The lowest BCUT2D eigenvalue weighted by molar-refractivity contribution is -0.0332. The topological polar surface area (TPSA) is 24.5 Å². The molecule has 2 rings (SSSR count). The summed E-state index contributed by atoms with van der Waals surface area (Å²) in [6.07, 6.45) is 4.48. The third-order valence-electron chi connectivity index (χ3n) is 3.69. The highest BCUT2D eigenvalue weighted by Crippen LogP contribution is 2.25. The molecular weight excluding hydrogens is 188 g/mol. The van der Waals surface area contributed by atoms with E-state index < -0.39 is 0 Å². The summed E-state index contributed by atoms with van der Waals surface area (Å²) >= 11 is 0. The number of nitrogens with zero attached hydrogens (tertiary/aromatic N) is 1. The number of ether oxygens (including phenoxy) is 1. The van der Waals surface area contributed by atoms with E-state index in [1.807, 2.05) is 0 Å². The molecule has 1 N–H and O–H groups in total. The van der Waals surface area contributed by atoms with Gasteiger partial charge in [-0.05, 0) is 32.7 Å². The van der Waals surface area contributed by atoms with E-state index >= 15 is 0 Å². The van der Waals surface area contributed by atoms with Gasteiger partial charge in [0.2, 0.25) is 0 Å². The lowest BCUT2D eigenvalue weighted by Gasteiger charge is -2.35. The second-order valence-electron chi connectivity index (χ2n) is 4.90. The fourth-order valence-corrected chi connectivity index (χ4v) is 2.94. The largest absolute Gasteiger partial charge is 0.376 e. The maximum absolute atomic E-state index is 5.58. The lowest BCUT2D eigenvalue weighted by atomic mass is 10.1. The van der Waals surface area contributed by atoms with Gasteiger partial charge in [0.1, 0.15) is 0 Å². The number of hydrogen-bond donors (Lipinski definition) is 1. The van der Waals surface area contributed by atoms with Gasteiger partial charge in [-0.25, -0.2) is 0 Å². The van der Waals surface area contributed by atoms with E-state index in [1.165, 1.54) is 19.3 Å². The molecule has 0 aromatic carbocycles. The molecule has 2 aliphatic rings. The van der Waals surface area contributed by atoms with E-state index in [4.69, 9.17) is 4.74 Å². The molecule has 1 aliphatic heterocycles. The molecule has 15 heavy (non-hydrogen) atoms. The van der Waals surface area contributed by atoms with Gasteiger partial charge in [-0.3, -0.25) is 4.90 Å². The molecule has 0 amide bonds. The Morgan fingerprint density at radius 3 is 3.00 bits per heavy atom. The second-order valence-corrected chi connectivity index (χ2v) is 4.90. The van der Waals surface area contributed by atoms with Gasteiger partial charge in [0.15, 0.2) is 0 Å². The predicted molar refractivity (Wildman–Crippen MR) is 62.1 cm³/mol. The van der Waals surface area contributed by atoms with E-state index in [9.17, 15) is 0 Å². The quantitative estimate of drug-likeness (QED) is 0.762. The second kappa shape index (κ2) is 5.28. The summed E-state index contributed by atoms with van der Waals surface area (Å²) in [4.78, 5) is 2.63. The van der Waals surface area contributed by atoms with E-state index in [1.54, 1.807) is 0 Å². The SMILES string of the molecule is CCNC1CCC(N2CCOC(C)C2)C1. The van der Waals surface area contributed by atoms with Gasteiger partial charge < -0.3 is 10.1 Å². The van der Waals surface area contributed by atoms with Gasteiger partial charge in [-0.1, -0.05) is 6.92 Å². The molecular formula is C12H24N2O. The molecule has 0 aromatic heterocycles. The predicted octanol–water partition coefficient (Wildman–Crippen LogP) is 1.24. The summed E-state index contributed by atoms with van der Waals surface area (Å²) in [6, 6.07) is 1.57. The molecule has 3 unspecified atom stereocenters. The normalized spacial score (nSPS) is 38.4. The average molecular weight is 212 g/mol. The van der Waals surface area contributed by atoms with Crippen molar-refractivity contribution in [1.82, 2.24) is 10.2 Å². The summed E-state index contributed by atoms with van der Waals surface area (Å²) in [5.74, 6) is 0. The van der Waals surface area contributed by atoms with Crippen molar-refractivity contribution in [2.45, 2.75) is 51.3 Å². The maximum atomic E-state index is 5.58. The van der Waals surface area contributed by atoms with Crippen LogP contribution in [0.3, 0.4) is 0 Å². The fourth-order valence-electron chi connectivity index (χ4n) is 2.94. The Morgan fingerprint density at radius 2 is 2.27 bits per heavy atom. The van der Waals surface area contributed by atoms with E-state index in [-0.39, 0.29) is 0 Å². The Kier molecular flexibility index (Phi) is 4.00. The van der Waals surface area contributed by atoms with Gasteiger partial charge in [0.05, 0.1) is 12.7 Å². The minimum Gasteiger partial charge on any atom is -0.376 e. The van der Waals surface area contributed by atoms with Crippen molar-refractivity contribution in [1.29, 1.82) is 0 Å². The monoisotopic (exact) mass is 212 g/mol. The van der Waals surface area contributed by atoms with Crippen LogP contribution in [0.25, 0.3) is 0 Å². The minimum absolute atomic E-state index is 0.428. The summed E-state index contributed by atoms with van der Waals surface area (Å²) in [5, 5.41) is 3.57. The Morgan fingerprint density at radius 1 is 1.40 bits per heavy atom. The Hall–Kier alpha value is -0.120. The van der Waals surface area contributed by atoms with Crippen molar-refractivity contribution in [2.24, 2.45) is 0 Å². The average Bonchev–Trinajstić information content (AvgIpc) is 2.67. The molecule has 0 radical (unpaired) electrons. The van der Waals surface area contributed by atoms with Crippen LogP contribution in [0.2, 0.25) is 0 Å². The molecule has 0 spiro atoms. The molecule has 1 heterocycles. The van der Waals surface area contributed by atoms with Crippen molar-refractivity contribution in [3.8, 4) is 0 Å². The van der Waals surface area contributed by atoms with Crippen LogP contribution in [0.5, 0.6) is 0 Å². The molecule has 1 saturated carbocycles. The molecule has 3 atom stereocenters. The first kappa shape index (κ1) is 11.4. The van der Waals surface area contributed by atoms with Crippen LogP contribution in [0.15, 0.2) is 0 Å². The number of nitrogens with one attached hydrogen (secondary N) is 1. The lowest BCUT2D eigenvalue weighted by Crippen LogP contribution is -2.46. The van der Waals surface area contributed by atoms with Crippen LogP contribution in [-0.4, -0.2) is 49.3 Å². The first-order valence-electron chi connectivity index (χ1n) is 6.38. The van der Waals surface area contributed by atoms with Crippen molar-refractivity contribution in [3.63, 3.8) is 0 Å². The van der Waals surface area contributed by atoms with Crippen LogP contribution in [0.4, 0.5) is 0 Å². The van der Waals surface area contributed by atoms with Crippen molar-refractivity contribution < 1.29 is 4.74 Å². The summed E-state index contributed by atoms with van der Waals surface area (Å²) < 4.78 is 5.58. The highest BCUT2D eigenvalue weighted by atomic mass is 16.5.